The Hall–Kier alpha value is -1.10. The number of carbonyl (C=O) groups is 2. The quantitative estimate of drug-likeness (QED) is 0.765. The molecule has 1 aliphatic rings. The van der Waals surface area contributed by atoms with Crippen molar-refractivity contribution >= 4 is 11.8 Å². The van der Waals surface area contributed by atoms with Gasteiger partial charge in [-0.15, -0.1) is 0 Å². The average Bonchev–Trinajstić information content (AvgIpc) is 2.31. The first-order valence-corrected chi connectivity index (χ1v) is 6.06. The van der Waals surface area contributed by atoms with Gasteiger partial charge in [-0.3, -0.25) is 9.59 Å². The van der Waals surface area contributed by atoms with Crippen molar-refractivity contribution < 1.29 is 14.3 Å². The summed E-state index contributed by atoms with van der Waals surface area (Å²) in [5.74, 6) is -0.0820. The van der Waals surface area contributed by atoms with Gasteiger partial charge in [0.1, 0.15) is 5.54 Å². The average molecular weight is 242 g/mol. The molecule has 1 heterocycles. The van der Waals surface area contributed by atoms with Gasteiger partial charge >= 0.3 is 0 Å². The predicted octanol–water partition coefficient (Wildman–Crippen LogP) is 0.539. The van der Waals surface area contributed by atoms with Gasteiger partial charge < -0.3 is 15.0 Å². The monoisotopic (exact) mass is 242 g/mol. The van der Waals surface area contributed by atoms with E-state index >= 15 is 0 Å². The van der Waals surface area contributed by atoms with Gasteiger partial charge in [-0.05, 0) is 26.7 Å². The van der Waals surface area contributed by atoms with Crippen molar-refractivity contribution in [3.63, 3.8) is 0 Å². The van der Waals surface area contributed by atoms with Crippen molar-refractivity contribution in [1.29, 1.82) is 0 Å². The number of piperazine rings is 1. The Bertz CT molecular complexity index is 306. The lowest BCUT2D eigenvalue weighted by molar-refractivity contribution is -0.156. The van der Waals surface area contributed by atoms with Crippen LogP contribution in [0.5, 0.6) is 0 Å². The zero-order valence-electron chi connectivity index (χ0n) is 11.1. The third-order valence-electron chi connectivity index (χ3n) is 3.56. The Morgan fingerprint density at radius 3 is 2.71 bits per heavy atom. The van der Waals surface area contributed by atoms with Gasteiger partial charge in [0.05, 0.1) is 6.54 Å². The summed E-state index contributed by atoms with van der Waals surface area (Å²) < 4.78 is 5.03. The summed E-state index contributed by atoms with van der Waals surface area (Å²) in [6, 6.07) is 0.0125. The molecule has 5 heteroatoms. The molecule has 1 fully saturated rings. The molecule has 1 saturated heterocycles. The molecule has 98 valence electrons. The van der Waals surface area contributed by atoms with E-state index in [1.165, 1.54) is 0 Å². The fourth-order valence-corrected chi connectivity index (χ4v) is 2.30. The second kappa shape index (κ2) is 5.49. The van der Waals surface area contributed by atoms with Gasteiger partial charge in [0.2, 0.25) is 11.8 Å². The van der Waals surface area contributed by atoms with Crippen LogP contribution >= 0.6 is 0 Å². The Morgan fingerprint density at radius 2 is 2.18 bits per heavy atom. The van der Waals surface area contributed by atoms with Crippen LogP contribution in [0.15, 0.2) is 0 Å². The number of rotatable bonds is 5. The number of methoxy groups -OCH3 is 1. The van der Waals surface area contributed by atoms with Gasteiger partial charge in [-0.1, -0.05) is 6.92 Å². The van der Waals surface area contributed by atoms with Crippen LogP contribution < -0.4 is 5.32 Å². The van der Waals surface area contributed by atoms with Crippen molar-refractivity contribution in [2.24, 2.45) is 0 Å². The Morgan fingerprint density at radius 1 is 1.53 bits per heavy atom. The molecule has 0 aromatic rings. The SMILES string of the molecule is CCC1(C)C(=O)NCC(=O)N1C(C)CCOC. The number of amides is 2. The molecule has 0 saturated carbocycles. The topological polar surface area (TPSA) is 58.6 Å². The Kier molecular flexibility index (Phi) is 4.51. The molecule has 0 aromatic carbocycles. The number of nitrogens with zero attached hydrogens (tertiary/aromatic N) is 1. The summed E-state index contributed by atoms with van der Waals surface area (Å²) in [6.45, 7) is 6.40. The van der Waals surface area contributed by atoms with Crippen molar-refractivity contribution in [3.8, 4) is 0 Å². The minimum atomic E-state index is -0.734. The molecule has 5 nitrogen and oxygen atoms in total. The van der Waals surface area contributed by atoms with E-state index in [0.29, 0.717) is 13.0 Å². The minimum Gasteiger partial charge on any atom is -0.385 e. The number of ether oxygens (including phenoxy) is 1. The molecular weight excluding hydrogens is 220 g/mol. The van der Waals surface area contributed by atoms with E-state index in [1.54, 1.807) is 12.0 Å². The lowest BCUT2D eigenvalue weighted by atomic mass is 9.90. The first kappa shape index (κ1) is 14.0. The zero-order valence-corrected chi connectivity index (χ0v) is 11.1. The lowest BCUT2D eigenvalue weighted by Gasteiger charge is -2.46. The molecule has 1 rings (SSSR count). The molecule has 1 aliphatic heterocycles. The highest BCUT2D eigenvalue weighted by atomic mass is 16.5. The van der Waals surface area contributed by atoms with Gasteiger partial charge in [0.25, 0.3) is 0 Å². The van der Waals surface area contributed by atoms with E-state index in [4.69, 9.17) is 4.74 Å². The van der Waals surface area contributed by atoms with Crippen LogP contribution in [0.1, 0.15) is 33.6 Å². The maximum absolute atomic E-state index is 12.0. The van der Waals surface area contributed by atoms with Crippen LogP contribution in [0.3, 0.4) is 0 Å². The predicted molar refractivity (Wildman–Crippen MR) is 64.5 cm³/mol. The summed E-state index contributed by atoms with van der Waals surface area (Å²) in [7, 11) is 1.64. The fourth-order valence-electron chi connectivity index (χ4n) is 2.30. The van der Waals surface area contributed by atoms with Crippen molar-refractivity contribution in [3.05, 3.63) is 0 Å². The molecule has 0 spiro atoms. The minimum absolute atomic E-state index is 0.0125. The van der Waals surface area contributed by atoms with Gasteiger partial charge in [-0.2, -0.15) is 0 Å². The summed E-state index contributed by atoms with van der Waals surface area (Å²) in [4.78, 5) is 25.6. The normalized spacial score (nSPS) is 26.9. The molecular formula is C12H22N2O3. The molecule has 2 amide bonds. The van der Waals surface area contributed by atoms with Crippen LogP contribution in [0, 0.1) is 0 Å². The highest BCUT2D eigenvalue weighted by molar-refractivity contribution is 5.97. The summed E-state index contributed by atoms with van der Waals surface area (Å²) in [6.07, 6.45) is 1.35. The summed E-state index contributed by atoms with van der Waals surface area (Å²) >= 11 is 0. The highest BCUT2D eigenvalue weighted by Crippen LogP contribution is 2.26. The maximum atomic E-state index is 12.0. The van der Waals surface area contributed by atoms with Crippen molar-refractivity contribution in [2.75, 3.05) is 20.3 Å². The molecule has 0 aliphatic carbocycles. The van der Waals surface area contributed by atoms with Gasteiger partial charge in [-0.25, -0.2) is 0 Å². The molecule has 2 atom stereocenters. The Labute approximate surface area is 102 Å². The highest BCUT2D eigenvalue weighted by Gasteiger charge is 2.45. The van der Waals surface area contributed by atoms with Crippen LogP contribution in [0.4, 0.5) is 0 Å². The third kappa shape index (κ3) is 2.60. The maximum Gasteiger partial charge on any atom is 0.246 e. The third-order valence-corrected chi connectivity index (χ3v) is 3.56. The molecule has 0 radical (unpaired) electrons. The van der Waals surface area contributed by atoms with Crippen LogP contribution in [-0.2, 0) is 14.3 Å². The summed E-state index contributed by atoms with van der Waals surface area (Å²) in [5.41, 5.74) is -0.734. The van der Waals surface area contributed by atoms with E-state index in [0.717, 1.165) is 6.42 Å². The lowest BCUT2D eigenvalue weighted by Crippen LogP contribution is -2.67. The van der Waals surface area contributed by atoms with E-state index in [1.807, 2.05) is 20.8 Å². The fraction of sp³-hybridized carbons (Fsp3) is 0.833. The van der Waals surface area contributed by atoms with Crippen LogP contribution in [0.2, 0.25) is 0 Å². The number of carbonyl (C=O) groups excluding carboxylic acids is 2. The van der Waals surface area contributed by atoms with E-state index < -0.39 is 5.54 Å². The van der Waals surface area contributed by atoms with E-state index in [9.17, 15) is 9.59 Å². The standard InChI is InChI=1S/C12H22N2O3/c1-5-12(3)11(16)13-8-10(15)14(12)9(2)6-7-17-4/h9H,5-8H2,1-4H3,(H,13,16). The second-order valence-corrected chi connectivity index (χ2v) is 4.70. The first-order chi connectivity index (χ1) is 7.97. The Balaban J connectivity index is 2.89. The number of nitrogens with one attached hydrogen (secondary N) is 1. The smallest absolute Gasteiger partial charge is 0.246 e. The molecule has 17 heavy (non-hydrogen) atoms. The molecule has 0 aromatic heterocycles. The van der Waals surface area contributed by atoms with E-state index in [2.05, 4.69) is 5.32 Å². The second-order valence-electron chi connectivity index (χ2n) is 4.70. The largest absolute Gasteiger partial charge is 0.385 e. The van der Waals surface area contributed by atoms with Crippen molar-refractivity contribution in [2.45, 2.75) is 45.2 Å². The van der Waals surface area contributed by atoms with Crippen LogP contribution in [0.25, 0.3) is 0 Å². The number of hydrogen-bond donors (Lipinski definition) is 1. The van der Waals surface area contributed by atoms with Gasteiger partial charge in [0.15, 0.2) is 0 Å². The summed E-state index contributed by atoms with van der Waals surface area (Å²) in [5, 5.41) is 2.65. The number of hydrogen-bond acceptors (Lipinski definition) is 3. The molecule has 0 bridgehead atoms. The molecule has 1 N–H and O–H groups in total. The van der Waals surface area contributed by atoms with Crippen molar-refractivity contribution in [1.82, 2.24) is 10.2 Å². The first-order valence-electron chi connectivity index (χ1n) is 6.06. The molecule has 2 unspecified atom stereocenters. The van der Waals surface area contributed by atoms with Crippen LogP contribution in [-0.4, -0.2) is 48.6 Å². The van der Waals surface area contributed by atoms with E-state index in [-0.39, 0.29) is 24.4 Å². The zero-order chi connectivity index (χ0) is 13.1. The van der Waals surface area contributed by atoms with Gasteiger partial charge in [0, 0.05) is 19.8 Å².